The molecule has 136 valence electrons. The first-order valence-corrected chi connectivity index (χ1v) is 9.40. The maximum absolute atomic E-state index is 12.7. The number of amides is 2. The van der Waals surface area contributed by atoms with Crippen LogP contribution in [0.25, 0.3) is 0 Å². The Kier molecular flexibility index (Phi) is 5.30. The minimum Gasteiger partial charge on any atom is -0.368 e. The van der Waals surface area contributed by atoms with Gasteiger partial charge in [0.05, 0.1) is 0 Å². The van der Waals surface area contributed by atoms with Gasteiger partial charge in [-0.2, -0.15) is 0 Å². The number of aryl methyl sites for hydroxylation is 1. The van der Waals surface area contributed by atoms with Crippen LogP contribution in [0.3, 0.4) is 0 Å². The summed E-state index contributed by atoms with van der Waals surface area (Å²) < 4.78 is 0. The fraction of sp³-hybridized carbons (Fsp3) is 0.600. The van der Waals surface area contributed by atoms with Gasteiger partial charge in [-0.05, 0) is 57.7 Å². The summed E-state index contributed by atoms with van der Waals surface area (Å²) in [4.78, 5) is 31.3. The molecule has 2 fully saturated rings. The highest BCUT2D eigenvalue weighted by Gasteiger charge is 2.35. The Bertz CT molecular complexity index is 628. The molecular formula is C20H29N3O2. The highest BCUT2D eigenvalue weighted by Crippen LogP contribution is 2.23. The second-order valence-electron chi connectivity index (χ2n) is 7.46. The number of hydrogen-bond donors (Lipinski definition) is 0. The fourth-order valence-corrected chi connectivity index (χ4v) is 4.06. The molecule has 2 amide bonds. The summed E-state index contributed by atoms with van der Waals surface area (Å²) in [5.41, 5.74) is 2.43. The van der Waals surface area contributed by atoms with Crippen molar-refractivity contribution in [2.24, 2.45) is 0 Å². The van der Waals surface area contributed by atoms with Gasteiger partial charge in [0.2, 0.25) is 0 Å². The van der Waals surface area contributed by atoms with E-state index in [0.29, 0.717) is 13.1 Å². The van der Waals surface area contributed by atoms with Gasteiger partial charge in [0.15, 0.2) is 0 Å². The van der Waals surface area contributed by atoms with Crippen molar-refractivity contribution in [1.29, 1.82) is 0 Å². The number of nitrogens with zero attached hydrogens (tertiary/aromatic N) is 3. The van der Waals surface area contributed by atoms with E-state index in [1.54, 1.807) is 9.80 Å². The van der Waals surface area contributed by atoms with E-state index in [1.807, 2.05) is 0 Å². The molecule has 2 unspecified atom stereocenters. The molecular weight excluding hydrogens is 314 g/mol. The predicted molar refractivity (Wildman–Crippen MR) is 99.6 cm³/mol. The number of piperidine rings is 1. The van der Waals surface area contributed by atoms with Gasteiger partial charge in [0.25, 0.3) is 0 Å². The average molecular weight is 343 g/mol. The monoisotopic (exact) mass is 343 g/mol. The molecule has 0 spiro atoms. The summed E-state index contributed by atoms with van der Waals surface area (Å²) in [7, 11) is 0. The van der Waals surface area contributed by atoms with Crippen molar-refractivity contribution >= 4 is 17.5 Å². The van der Waals surface area contributed by atoms with Crippen molar-refractivity contribution in [1.82, 2.24) is 9.80 Å². The molecule has 0 aliphatic carbocycles. The molecule has 2 saturated heterocycles. The van der Waals surface area contributed by atoms with Crippen LogP contribution in [0.2, 0.25) is 0 Å². The number of carbonyl (C=O) groups excluding carboxylic acids is 2. The molecule has 0 aromatic heterocycles. The molecule has 0 N–H and O–H groups in total. The smallest absolute Gasteiger partial charge is 0.312 e. The first-order chi connectivity index (χ1) is 12.0. The third kappa shape index (κ3) is 3.80. The molecule has 2 aliphatic rings. The minimum atomic E-state index is -0.329. The lowest BCUT2D eigenvalue weighted by molar-refractivity contribution is -0.155. The Labute approximate surface area is 150 Å². The Morgan fingerprint density at radius 2 is 1.60 bits per heavy atom. The van der Waals surface area contributed by atoms with Crippen LogP contribution in [-0.4, -0.2) is 59.9 Å². The van der Waals surface area contributed by atoms with Crippen LogP contribution in [0, 0.1) is 6.92 Å². The fourth-order valence-electron chi connectivity index (χ4n) is 4.06. The van der Waals surface area contributed by atoms with Gasteiger partial charge >= 0.3 is 11.8 Å². The van der Waals surface area contributed by atoms with E-state index in [-0.39, 0.29) is 23.9 Å². The predicted octanol–water partition coefficient (Wildman–Crippen LogP) is 2.43. The summed E-state index contributed by atoms with van der Waals surface area (Å²) in [5.74, 6) is -0.645. The number of carbonyl (C=O) groups is 2. The normalized spacial score (nSPS) is 24.4. The van der Waals surface area contributed by atoms with Crippen LogP contribution >= 0.6 is 0 Å². The summed E-state index contributed by atoms with van der Waals surface area (Å²) in [5, 5.41) is 0. The van der Waals surface area contributed by atoms with Crippen molar-refractivity contribution in [2.45, 2.75) is 52.1 Å². The van der Waals surface area contributed by atoms with E-state index in [9.17, 15) is 9.59 Å². The van der Waals surface area contributed by atoms with Crippen LogP contribution in [0.15, 0.2) is 24.3 Å². The van der Waals surface area contributed by atoms with Gasteiger partial charge in [0, 0.05) is 44.0 Å². The molecule has 1 aromatic rings. The van der Waals surface area contributed by atoms with Gasteiger partial charge < -0.3 is 14.7 Å². The van der Waals surface area contributed by atoms with Crippen molar-refractivity contribution < 1.29 is 9.59 Å². The quantitative estimate of drug-likeness (QED) is 0.736. The second kappa shape index (κ2) is 7.46. The molecule has 1 aromatic carbocycles. The molecule has 3 rings (SSSR count). The number of likely N-dealkylation sites (tertiary alicyclic amines) is 1. The van der Waals surface area contributed by atoms with E-state index < -0.39 is 0 Å². The standard InChI is InChI=1S/C20H29N3O2/c1-15-6-4-9-18(14-15)21-10-12-22(13-11-21)19(24)20(25)23-16(2)7-5-8-17(23)3/h4,6,9,14,16-17H,5,7-8,10-13H2,1-3H3. The first kappa shape index (κ1) is 17.8. The molecule has 2 heterocycles. The molecule has 0 radical (unpaired) electrons. The lowest BCUT2D eigenvalue weighted by atomic mass is 9.97. The zero-order chi connectivity index (χ0) is 18.0. The lowest BCUT2D eigenvalue weighted by Gasteiger charge is -2.41. The van der Waals surface area contributed by atoms with Gasteiger partial charge in [-0.1, -0.05) is 12.1 Å². The Morgan fingerprint density at radius 3 is 2.20 bits per heavy atom. The van der Waals surface area contributed by atoms with Gasteiger partial charge in [0.1, 0.15) is 0 Å². The minimum absolute atomic E-state index is 0.161. The zero-order valence-corrected chi connectivity index (χ0v) is 15.6. The number of piperazine rings is 1. The summed E-state index contributed by atoms with van der Waals surface area (Å²) in [6, 6.07) is 8.74. The van der Waals surface area contributed by atoms with E-state index in [0.717, 1.165) is 32.4 Å². The highest BCUT2D eigenvalue weighted by molar-refractivity contribution is 6.35. The van der Waals surface area contributed by atoms with Crippen molar-refractivity contribution in [2.75, 3.05) is 31.1 Å². The molecule has 0 bridgehead atoms. The summed E-state index contributed by atoms with van der Waals surface area (Å²) in [6.45, 7) is 8.95. The van der Waals surface area contributed by atoms with E-state index in [4.69, 9.17) is 0 Å². The molecule has 5 nitrogen and oxygen atoms in total. The Morgan fingerprint density at radius 1 is 0.960 bits per heavy atom. The zero-order valence-electron chi connectivity index (χ0n) is 15.6. The first-order valence-electron chi connectivity index (χ1n) is 9.40. The Balaban J connectivity index is 1.60. The van der Waals surface area contributed by atoms with Gasteiger partial charge in [-0.3, -0.25) is 9.59 Å². The SMILES string of the molecule is Cc1cccc(N2CCN(C(=O)C(=O)N3C(C)CCCC3C)CC2)c1. The van der Waals surface area contributed by atoms with Crippen molar-refractivity contribution in [3.05, 3.63) is 29.8 Å². The van der Waals surface area contributed by atoms with Crippen LogP contribution in [0.5, 0.6) is 0 Å². The number of anilines is 1. The maximum Gasteiger partial charge on any atom is 0.312 e. The average Bonchev–Trinajstić information content (AvgIpc) is 2.61. The van der Waals surface area contributed by atoms with E-state index in [2.05, 4.69) is 49.9 Å². The number of benzene rings is 1. The third-order valence-electron chi connectivity index (χ3n) is 5.54. The Hall–Kier alpha value is -2.04. The summed E-state index contributed by atoms with van der Waals surface area (Å²) >= 11 is 0. The lowest BCUT2D eigenvalue weighted by Crippen LogP contribution is -2.57. The highest BCUT2D eigenvalue weighted by atomic mass is 16.2. The van der Waals surface area contributed by atoms with Crippen molar-refractivity contribution in [3.8, 4) is 0 Å². The number of hydrogen-bond acceptors (Lipinski definition) is 3. The topological polar surface area (TPSA) is 43.9 Å². The van der Waals surface area contributed by atoms with Crippen LogP contribution in [0.1, 0.15) is 38.7 Å². The molecule has 25 heavy (non-hydrogen) atoms. The van der Waals surface area contributed by atoms with Crippen LogP contribution < -0.4 is 4.90 Å². The third-order valence-corrected chi connectivity index (χ3v) is 5.54. The van der Waals surface area contributed by atoms with Crippen LogP contribution in [0.4, 0.5) is 5.69 Å². The summed E-state index contributed by atoms with van der Waals surface area (Å²) in [6.07, 6.45) is 3.12. The largest absolute Gasteiger partial charge is 0.368 e. The second-order valence-corrected chi connectivity index (χ2v) is 7.46. The maximum atomic E-state index is 12.7. The molecule has 2 aliphatic heterocycles. The number of rotatable bonds is 1. The van der Waals surface area contributed by atoms with Gasteiger partial charge in [-0.15, -0.1) is 0 Å². The van der Waals surface area contributed by atoms with E-state index >= 15 is 0 Å². The molecule has 5 heteroatoms. The molecule has 2 atom stereocenters. The van der Waals surface area contributed by atoms with E-state index in [1.165, 1.54) is 11.3 Å². The van der Waals surface area contributed by atoms with Gasteiger partial charge in [-0.25, -0.2) is 0 Å². The van der Waals surface area contributed by atoms with Crippen LogP contribution in [-0.2, 0) is 9.59 Å². The molecule has 0 saturated carbocycles. The van der Waals surface area contributed by atoms with Crippen molar-refractivity contribution in [3.63, 3.8) is 0 Å².